The SMILES string of the molecule is Fc1ccc2c(OC3CCNCC3)noc2c1. The number of rotatable bonds is 2. The van der Waals surface area contributed by atoms with Crippen molar-refractivity contribution < 1.29 is 13.7 Å². The lowest BCUT2D eigenvalue weighted by Crippen LogP contribution is -2.34. The predicted molar refractivity (Wildman–Crippen MR) is 60.5 cm³/mol. The molecule has 0 atom stereocenters. The van der Waals surface area contributed by atoms with E-state index in [1.54, 1.807) is 6.07 Å². The molecule has 1 aromatic carbocycles. The molecule has 1 saturated heterocycles. The standard InChI is InChI=1S/C12H13FN2O2/c13-8-1-2-10-11(7-8)17-15-12(10)16-9-3-5-14-6-4-9/h1-2,7,9,14H,3-6H2. The molecule has 0 bridgehead atoms. The van der Waals surface area contributed by atoms with Gasteiger partial charge in [0.1, 0.15) is 11.9 Å². The fourth-order valence-electron chi connectivity index (χ4n) is 2.04. The third-order valence-electron chi connectivity index (χ3n) is 2.97. The van der Waals surface area contributed by atoms with Gasteiger partial charge in [-0.1, -0.05) is 0 Å². The molecule has 0 radical (unpaired) electrons. The zero-order chi connectivity index (χ0) is 11.7. The summed E-state index contributed by atoms with van der Waals surface area (Å²) in [6, 6.07) is 4.34. The summed E-state index contributed by atoms with van der Waals surface area (Å²) >= 11 is 0. The summed E-state index contributed by atoms with van der Waals surface area (Å²) in [5.74, 6) is 0.133. The van der Waals surface area contributed by atoms with Crippen LogP contribution in [0.2, 0.25) is 0 Å². The predicted octanol–water partition coefficient (Wildman–Crippen LogP) is 2.10. The van der Waals surface area contributed by atoms with Gasteiger partial charge in [-0.25, -0.2) is 4.39 Å². The minimum Gasteiger partial charge on any atom is -0.472 e. The Bertz CT molecular complexity index is 520. The first-order chi connectivity index (χ1) is 8.33. The van der Waals surface area contributed by atoms with Crippen LogP contribution in [-0.2, 0) is 0 Å². The van der Waals surface area contributed by atoms with E-state index in [9.17, 15) is 4.39 Å². The van der Waals surface area contributed by atoms with Gasteiger partial charge in [0.05, 0.1) is 5.39 Å². The number of nitrogens with zero attached hydrogens (tertiary/aromatic N) is 1. The van der Waals surface area contributed by atoms with Gasteiger partial charge in [-0.2, -0.15) is 0 Å². The molecule has 4 nitrogen and oxygen atoms in total. The van der Waals surface area contributed by atoms with Crippen LogP contribution in [0.4, 0.5) is 4.39 Å². The molecule has 0 amide bonds. The zero-order valence-corrected chi connectivity index (χ0v) is 9.28. The Kier molecular flexibility index (Phi) is 2.68. The van der Waals surface area contributed by atoms with Crippen LogP contribution in [0.1, 0.15) is 12.8 Å². The number of piperidine rings is 1. The van der Waals surface area contributed by atoms with Gasteiger partial charge in [0.2, 0.25) is 0 Å². The van der Waals surface area contributed by atoms with E-state index < -0.39 is 0 Å². The monoisotopic (exact) mass is 236 g/mol. The van der Waals surface area contributed by atoms with Crippen LogP contribution in [0.3, 0.4) is 0 Å². The summed E-state index contributed by atoms with van der Waals surface area (Å²) in [6.07, 6.45) is 2.07. The summed E-state index contributed by atoms with van der Waals surface area (Å²) in [4.78, 5) is 0. The first kappa shape index (κ1) is 10.5. The summed E-state index contributed by atoms with van der Waals surface area (Å²) in [5, 5.41) is 7.84. The Morgan fingerprint density at radius 3 is 3.00 bits per heavy atom. The third kappa shape index (κ3) is 2.10. The average molecular weight is 236 g/mol. The topological polar surface area (TPSA) is 47.3 Å². The second kappa shape index (κ2) is 4.33. The molecular weight excluding hydrogens is 223 g/mol. The fourth-order valence-corrected chi connectivity index (χ4v) is 2.04. The molecule has 0 unspecified atom stereocenters. The van der Waals surface area contributed by atoms with Crippen molar-refractivity contribution in [2.45, 2.75) is 18.9 Å². The molecule has 17 heavy (non-hydrogen) atoms. The van der Waals surface area contributed by atoms with Gasteiger partial charge >= 0.3 is 0 Å². The zero-order valence-electron chi connectivity index (χ0n) is 9.28. The molecule has 3 rings (SSSR count). The molecule has 5 heteroatoms. The minimum absolute atomic E-state index is 0.162. The van der Waals surface area contributed by atoms with Crippen LogP contribution in [0, 0.1) is 5.82 Å². The van der Waals surface area contributed by atoms with Gasteiger partial charge in [0.15, 0.2) is 5.58 Å². The lowest BCUT2D eigenvalue weighted by Gasteiger charge is -2.22. The fraction of sp³-hybridized carbons (Fsp3) is 0.417. The summed E-state index contributed by atoms with van der Waals surface area (Å²) in [5.41, 5.74) is 0.425. The number of ether oxygens (including phenoxy) is 1. The number of benzene rings is 1. The Morgan fingerprint density at radius 1 is 1.35 bits per heavy atom. The smallest absolute Gasteiger partial charge is 0.262 e. The van der Waals surface area contributed by atoms with E-state index in [0.29, 0.717) is 11.5 Å². The van der Waals surface area contributed by atoms with Crippen LogP contribution in [0.25, 0.3) is 11.0 Å². The van der Waals surface area contributed by atoms with E-state index in [4.69, 9.17) is 9.26 Å². The van der Waals surface area contributed by atoms with Gasteiger partial charge in [-0.3, -0.25) is 0 Å². The Balaban J connectivity index is 1.84. The first-order valence-corrected chi connectivity index (χ1v) is 5.75. The summed E-state index contributed by atoms with van der Waals surface area (Å²) in [7, 11) is 0. The van der Waals surface area contributed by atoms with Crippen molar-refractivity contribution in [1.29, 1.82) is 0 Å². The second-order valence-electron chi connectivity index (χ2n) is 4.20. The molecule has 0 aliphatic carbocycles. The molecule has 2 heterocycles. The van der Waals surface area contributed by atoms with E-state index in [2.05, 4.69) is 10.5 Å². The van der Waals surface area contributed by atoms with Crippen LogP contribution in [0.15, 0.2) is 22.7 Å². The van der Waals surface area contributed by atoms with Crippen molar-refractivity contribution in [3.05, 3.63) is 24.0 Å². The third-order valence-corrected chi connectivity index (χ3v) is 2.97. The normalized spacial score (nSPS) is 17.5. The maximum Gasteiger partial charge on any atom is 0.262 e. The van der Waals surface area contributed by atoms with E-state index >= 15 is 0 Å². The number of aromatic nitrogens is 1. The van der Waals surface area contributed by atoms with Crippen molar-refractivity contribution in [2.24, 2.45) is 0 Å². The van der Waals surface area contributed by atoms with Crippen LogP contribution in [-0.4, -0.2) is 24.4 Å². The number of hydrogen-bond acceptors (Lipinski definition) is 4. The Labute approximate surface area is 97.7 Å². The molecule has 1 N–H and O–H groups in total. The summed E-state index contributed by atoms with van der Waals surface area (Å²) < 4.78 is 23.8. The molecule has 1 fully saturated rings. The highest BCUT2D eigenvalue weighted by Gasteiger charge is 2.18. The maximum atomic E-state index is 13.0. The van der Waals surface area contributed by atoms with E-state index in [1.165, 1.54) is 12.1 Å². The molecule has 2 aromatic rings. The lowest BCUT2D eigenvalue weighted by molar-refractivity contribution is 0.151. The molecule has 0 saturated carbocycles. The van der Waals surface area contributed by atoms with Crippen molar-refractivity contribution in [3.8, 4) is 5.88 Å². The lowest BCUT2D eigenvalue weighted by atomic mass is 10.1. The van der Waals surface area contributed by atoms with Gasteiger partial charge in [-0.05, 0) is 43.2 Å². The van der Waals surface area contributed by atoms with Crippen LogP contribution >= 0.6 is 0 Å². The van der Waals surface area contributed by atoms with Gasteiger partial charge < -0.3 is 14.6 Å². The van der Waals surface area contributed by atoms with Crippen LogP contribution < -0.4 is 10.1 Å². The van der Waals surface area contributed by atoms with E-state index in [0.717, 1.165) is 31.3 Å². The Morgan fingerprint density at radius 2 is 2.18 bits per heavy atom. The molecule has 1 aromatic heterocycles. The number of nitrogens with one attached hydrogen (secondary N) is 1. The highest BCUT2D eigenvalue weighted by Crippen LogP contribution is 2.27. The van der Waals surface area contributed by atoms with Crippen molar-refractivity contribution in [1.82, 2.24) is 10.5 Å². The molecule has 90 valence electrons. The van der Waals surface area contributed by atoms with E-state index in [1.807, 2.05) is 0 Å². The second-order valence-corrected chi connectivity index (χ2v) is 4.20. The molecule has 0 spiro atoms. The quantitative estimate of drug-likeness (QED) is 0.867. The Hall–Kier alpha value is -1.62. The van der Waals surface area contributed by atoms with E-state index in [-0.39, 0.29) is 11.9 Å². The van der Waals surface area contributed by atoms with Gasteiger partial charge in [-0.15, -0.1) is 0 Å². The first-order valence-electron chi connectivity index (χ1n) is 5.75. The average Bonchev–Trinajstić information content (AvgIpc) is 2.73. The number of fused-ring (bicyclic) bond motifs is 1. The van der Waals surface area contributed by atoms with Crippen molar-refractivity contribution in [3.63, 3.8) is 0 Å². The maximum absolute atomic E-state index is 13.0. The minimum atomic E-state index is -0.331. The van der Waals surface area contributed by atoms with Crippen molar-refractivity contribution >= 4 is 11.0 Å². The summed E-state index contributed by atoms with van der Waals surface area (Å²) in [6.45, 7) is 1.91. The molecule has 1 aliphatic heterocycles. The number of halogens is 1. The largest absolute Gasteiger partial charge is 0.472 e. The van der Waals surface area contributed by atoms with Crippen molar-refractivity contribution in [2.75, 3.05) is 13.1 Å². The molecular formula is C12H13FN2O2. The van der Waals surface area contributed by atoms with Gasteiger partial charge in [0, 0.05) is 6.07 Å². The highest BCUT2D eigenvalue weighted by atomic mass is 19.1. The number of hydrogen-bond donors (Lipinski definition) is 1. The molecule has 1 aliphatic rings. The highest BCUT2D eigenvalue weighted by molar-refractivity contribution is 5.81. The van der Waals surface area contributed by atoms with Crippen LogP contribution in [0.5, 0.6) is 5.88 Å². The van der Waals surface area contributed by atoms with Gasteiger partial charge in [0.25, 0.3) is 5.88 Å².